The Bertz CT molecular complexity index is 1390. The van der Waals surface area contributed by atoms with Gasteiger partial charge in [0.05, 0.1) is 11.1 Å². The zero-order valence-electron chi connectivity index (χ0n) is 21.5. The summed E-state index contributed by atoms with van der Waals surface area (Å²) in [4.78, 5) is 24.6. The second-order valence-corrected chi connectivity index (χ2v) is 9.04. The average molecular weight is 565 g/mol. The fourth-order valence-electron chi connectivity index (χ4n) is 3.63. The maximum atomic E-state index is 13.4. The van der Waals surface area contributed by atoms with Gasteiger partial charge in [-0.1, -0.05) is 50.2 Å². The molecule has 0 saturated carbocycles. The molecule has 3 rings (SSSR count). The SMILES string of the molecule is CCCCCCC#Cc1ccc(C(=O)Oc2ccc3cc(C(=O)OCC(F)(F)C(F)C(F)(F)F)ccc3c2)cc1. The normalized spacial score (nSPS) is 12.4. The molecular formula is C30H26F6O4. The van der Waals surface area contributed by atoms with Gasteiger partial charge < -0.3 is 9.47 Å². The van der Waals surface area contributed by atoms with Gasteiger partial charge in [0.1, 0.15) is 5.75 Å². The van der Waals surface area contributed by atoms with Gasteiger partial charge >= 0.3 is 24.0 Å². The minimum atomic E-state index is -5.80. The Morgan fingerprint density at radius 2 is 1.48 bits per heavy atom. The van der Waals surface area contributed by atoms with E-state index in [1.165, 1.54) is 42.8 Å². The summed E-state index contributed by atoms with van der Waals surface area (Å²) < 4.78 is 86.2. The van der Waals surface area contributed by atoms with Crippen LogP contribution in [-0.4, -0.2) is 36.8 Å². The molecule has 0 amide bonds. The predicted octanol–water partition coefficient (Wildman–Crippen LogP) is 8.07. The van der Waals surface area contributed by atoms with Gasteiger partial charge in [-0.05, 0) is 65.7 Å². The van der Waals surface area contributed by atoms with E-state index in [9.17, 15) is 35.9 Å². The summed E-state index contributed by atoms with van der Waals surface area (Å²) in [5.41, 5.74) is 0.852. The van der Waals surface area contributed by atoms with Crippen molar-refractivity contribution in [3.8, 4) is 17.6 Å². The van der Waals surface area contributed by atoms with Crippen LogP contribution in [0.25, 0.3) is 10.8 Å². The van der Waals surface area contributed by atoms with E-state index in [0.29, 0.717) is 16.3 Å². The lowest BCUT2D eigenvalue weighted by Gasteiger charge is -2.22. The van der Waals surface area contributed by atoms with Crippen molar-refractivity contribution in [1.82, 2.24) is 0 Å². The van der Waals surface area contributed by atoms with Crippen LogP contribution in [0.5, 0.6) is 5.75 Å². The number of alkyl halides is 6. The molecule has 3 aromatic rings. The van der Waals surface area contributed by atoms with Crippen LogP contribution in [0.1, 0.15) is 65.3 Å². The van der Waals surface area contributed by atoms with Crippen molar-refractivity contribution in [2.24, 2.45) is 0 Å². The molecule has 0 aliphatic carbocycles. The lowest BCUT2D eigenvalue weighted by Crippen LogP contribution is -2.45. The number of ether oxygens (including phenoxy) is 2. The van der Waals surface area contributed by atoms with Crippen molar-refractivity contribution in [1.29, 1.82) is 0 Å². The lowest BCUT2D eigenvalue weighted by molar-refractivity contribution is -0.251. The zero-order valence-corrected chi connectivity index (χ0v) is 21.5. The maximum Gasteiger partial charge on any atom is 0.425 e. The number of unbranched alkanes of at least 4 members (excludes halogenated alkanes) is 4. The standard InChI is InChI=1S/C30H26F6O4/c1-2-3-4-5-6-7-8-20-9-11-21(12-10-20)27(38)40-25-16-15-22-17-24(14-13-23(22)18-25)26(37)39-19-29(32,33)28(31)30(34,35)36/h9-18,28H,2-6,19H2,1H3. The molecule has 4 nitrogen and oxygen atoms in total. The first-order chi connectivity index (χ1) is 18.9. The van der Waals surface area contributed by atoms with Crippen LogP contribution in [0.2, 0.25) is 0 Å². The fourth-order valence-corrected chi connectivity index (χ4v) is 3.63. The Morgan fingerprint density at radius 1 is 0.825 bits per heavy atom. The number of rotatable bonds is 10. The second kappa shape index (κ2) is 13.4. The minimum absolute atomic E-state index is 0.199. The molecule has 0 N–H and O–H groups in total. The minimum Gasteiger partial charge on any atom is -0.456 e. The lowest BCUT2D eigenvalue weighted by atomic mass is 10.1. The van der Waals surface area contributed by atoms with Gasteiger partial charge in [0.25, 0.3) is 6.17 Å². The number of benzene rings is 3. The van der Waals surface area contributed by atoms with Crippen molar-refractivity contribution >= 4 is 22.7 Å². The molecular weight excluding hydrogens is 538 g/mol. The first-order valence-electron chi connectivity index (χ1n) is 12.5. The second-order valence-electron chi connectivity index (χ2n) is 9.04. The summed E-state index contributed by atoms with van der Waals surface area (Å²) in [5, 5.41) is 0.940. The number of carbonyl (C=O) groups is 2. The van der Waals surface area contributed by atoms with Crippen LogP contribution < -0.4 is 4.74 Å². The summed E-state index contributed by atoms with van der Waals surface area (Å²) in [6.45, 7) is 0.0691. The van der Waals surface area contributed by atoms with Gasteiger partial charge in [0, 0.05) is 12.0 Å². The molecule has 10 heteroatoms. The van der Waals surface area contributed by atoms with Crippen molar-refractivity contribution in [3.05, 3.63) is 77.4 Å². The summed E-state index contributed by atoms with van der Waals surface area (Å²) >= 11 is 0. The van der Waals surface area contributed by atoms with Gasteiger partial charge in [0.15, 0.2) is 6.61 Å². The van der Waals surface area contributed by atoms with Crippen molar-refractivity contribution in [2.45, 2.75) is 57.3 Å². The molecule has 1 unspecified atom stereocenters. The molecule has 0 heterocycles. The van der Waals surface area contributed by atoms with Gasteiger partial charge in [-0.3, -0.25) is 0 Å². The number of halogens is 6. The first-order valence-corrected chi connectivity index (χ1v) is 12.5. The number of hydrogen-bond donors (Lipinski definition) is 0. The quantitative estimate of drug-likeness (QED) is 0.0822. The maximum absolute atomic E-state index is 13.4. The molecule has 3 aromatic carbocycles. The third-order valence-electron chi connectivity index (χ3n) is 5.82. The molecule has 1 atom stereocenters. The van der Waals surface area contributed by atoms with E-state index >= 15 is 0 Å². The third-order valence-corrected chi connectivity index (χ3v) is 5.82. The Hall–Kier alpha value is -4.00. The summed E-state index contributed by atoms with van der Waals surface area (Å²) in [5.74, 6) is -0.520. The van der Waals surface area contributed by atoms with Gasteiger partial charge in [-0.2, -0.15) is 22.0 Å². The largest absolute Gasteiger partial charge is 0.456 e. The van der Waals surface area contributed by atoms with Gasteiger partial charge in [-0.15, -0.1) is 0 Å². The molecule has 0 fully saturated rings. The molecule has 0 saturated heterocycles. The van der Waals surface area contributed by atoms with E-state index < -0.39 is 36.8 Å². The monoisotopic (exact) mass is 564 g/mol. The average Bonchev–Trinajstić information content (AvgIpc) is 2.92. The number of esters is 2. The Labute approximate surface area is 227 Å². The smallest absolute Gasteiger partial charge is 0.425 e. The molecule has 0 aromatic heterocycles. The molecule has 0 radical (unpaired) electrons. The van der Waals surface area contributed by atoms with Crippen LogP contribution >= 0.6 is 0 Å². The van der Waals surface area contributed by atoms with E-state index in [4.69, 9.17) is 4.74 Å². The third kappa shape index (κ3) is 8.50. The molecule has 0 aliphatic heterocycles. The van der Waals surface area contributed by atoms with Crippen molar-refractivity contribution in [2.75, 3.05) is 6.61 Å². The Kier molecular flexibility index (Phi) is 10.2. The fraction of sp³-hybridized carbons (Fsp3) is 0.333. The highest BCUT2D eigenvalue weighted by molar-refractivity contribution is 5.96. The first kappa shape index (κ1) is 30.5. The van der Waals surface area contributed by atoms with Crippen LogP contribution in [0.4, 0.5) is 26.3 Å². The van der Waals surface area contributed by atoms with E-state index in [0.717, 1.165) is 31.2 Å². The number of carbonyl (C=O) groups excluding carboxylic acids is 2. The van der Waals surface area contributed by atoms with Crippen LogP contribution in [0.3, 0.4) is 0 Å². The highest BCUT2D eigenvalue weighted by Crippen LogP contribution is 2.35. The van der Waals surface area contributed by atoms with Crippen molar-refractivity contribution in [3.63, 3.8) is 0 Å². The Morgan fingerprint density at radius 3 is 2.15 bits per heavy atom. The highest BCUT2D eigenvalue weighted by Gasteiger charge is 2.57. The summed E-state index contributed by atoms with van der Waals surface area (Å²) in [7, 11) is 0. The van der Waals surface area contributed by atoms with Crippen LogP contribution in [0, 0.1) is 11.8 Å². The highest BCUT2D eigenvalue weighted by atomic mass is 19.4. The van der Waals surface area contributed by atoms with E-state index in [-0.39, 0.29) is 11.3 Å². The zero-order chi connectivity index (χ0) is 29.3. The molecule has 0 bridgehead atoms. The predicted molar refractivity (Wildman–Crippen MR) is 137 cm³/mol. The molecule has 0 spiro atoms. The Balaban J connectivity index is 1.60. The summed E-state index contributed by atoms with van der Waals surface area (Å²) in [6, 6.07) is 14.9. The summed E-state index contributed by atoms with van der Waals surface area (Å²) in [6.07, 6.45) is -4.91. The topological polar surface area (TPSA) is 52.6 Å². The number of fused-ring (bicyclic) bond motifs is 1. The van der Waals surface area contributed by atoms with Crippen LogP contribution in [-0.2, 0) is 4.74 Å². The van der Waals surface area contributed by atoms with Crippen molar-refractivity contribution < 1.29 is 45.4 Å². The molecule has 40 heavy (non-hydrogen) atoms. The van der Waals surface area contributed by atoms with Gasteiger partial charge in [0.2, 0.25) is 0 Å². The van der Waals surface area contributed by atoms with E-state index in [1.54, 1.807) is 24.3 Å². The van der Waals surface area contributed by atoms with E-state index in [1.807, 2.05) is 0 Å². The van der Waals surface area contributed by atoms with E-state index in [2.05, 4.69) is 23.5 Å². The number of hydrogen-bond acceptors (Lipinski definition) is 4. The van der Waals surface area contributed by atoms with Crippen LogP contribution in [0.15, 0.2) is 60.7 Å². The van der Waals surface area contributed by atoms with Gasteiger partial charge in [-0.25, -0.2) is 14.0 Å². The molecule has 212 valence electrons. The molecule has 0 aliphatic rings.